The lowest BCUT2D eigenvalue weighted by Gasteiger charge is -2.42. The highest BCUT2D eigenvalue weighted by Gasteiger charge is 2.35. The van der Waals surface area contributed by atoms with Gasteiger partial charge in [-0.1, -0.05) is 44.1 Å². The van der Waals surface area contributed by atoms with Crippen LogP contribution in [0.2, 0.25) is 13.1 Å². The second-order valence-electron chi connectivity index (χ2n) is 6.81. The first-order valence-corrected chi connectivity index (χ1v) is 11.3. The smallest absolute Gasteiger partial charge is 0.123 e. The summed E-state index contributed by atoms with van der Waals surface area (Å²) in [7, 11) is -1.37. The fourth-order valence-corrected chi connectivity index (χ4v) is 7.66. The summed E-state index contributed by atoms with van der Waals surface area (Å²) in [6.45, 7) is 9.88. The Labute approximate surface area is 124 Å². The first kappa shape index (κ1) is 15.7. The van der Waals surface area contributed by atoms with Crippen LogP contribution in [-0.4, -0.2) is 31.7 Å². The van der Waals surface area contributed by atoms with Crippen molar-refractivity contribution in [2.45, 2.75) is 57.4 Å². The minimum atomic E-state index is -1.37. The molecule has 0 amide bonds. The van der Waals surface area contributed by atoms with Crippen molar-refractivity contribution in [1.29, 1.82) is 0 Å². The van der Waals surface area contributed by atoms with Crippen LogP contribution in [0.25, 0.3) is 0 Å². The van der Waals surface area contributed by atoms with Crippen molar-refractivity contribution in [3.8, 4) is 0 Å². The van der Waals surface area contributed by atoms with E-state index in [1.807, 2.05) is 12.1 Å². The molecule has 0 N–H and O–H groups in total. The third kappa shape index (κ3) is 3.92. The zero-order chi connectivity index (χ0) is 14.6. The third-order valence-electron chi connectivity index (χ3n) is 4.69. The van der Waals surface area contributed by atoms with Gasteiger partial charge in [0.15, 0.2) is 0 Å². The molecule has 0 aromatic heterocycles. The highest BCUT2D eigenvalue weighted by molar-refractivity contribution is 6.78. The van der Waals surface area contributed by atoms with Gasteiger partial charge in [-0.3, -0.25) is 0 Å². The van der Waals surface area contributed by atoms with E-state index in [0.717, 1.165) is 11.7 Å². The maximum atomic E-state index is 13.0. The van der Waals surface area contributed by atoms with Crippen molar-refractivity contribution < 1.29 is 4.39 Å². The number of hydrogen-bond acceptors (Lipinski definition) is 1. The SMILES string of the molecule is CCC(N1CCCCC1)[Si](C)(C)Cc1ccc(F)cc1. The molecule has 112 valence electrons. The zero-order valence-corrected chi connectivity index (χ0v) is 14.2. The molecule has 3 heteroatoms. The van der Waals surface area contributed by atoms with Crippen LogP contribution in [0.4, 0.5) is 4.39 Å². The Balaban J connectivity index is 2.07. The van der Waals surface area contributed by atoms with E-state index < -0.39 is 8.07 Å². The van der Waals surface area contributed by atoms with E-state index in [1.54, 1.807) is 12.1 Å². The summed E-state index contributed by atoms with van der Waals surface area (Å²) in [5, 5.41) is 0. The van der Waals surface area contributed by atoms with Crippen LogP contribution in [-0.2, 0) is 6.04 Å². The van der Waals surface area contributed by atoms with Crippen LogP contribution in [0.3, 0.4) is 0 Å². The van der Waals surface area contributed by atoms with Gasteiger partial charge < -0.3 is 4.90 Å². The van der Waals surface area contributed by atoms with Crippen LogP contribution in [0, 0.1) is 5.82 Å². The molecule has 1 aliphatic heterocycles. The fourth-order valence-electron chi connectivity index (χ4n) is 3.78. The fraction of sp³-hybridized carbons (Fsp3) is 0.647. The number of nitrogens with zero attached hydrogens (tertiary/aromatic N) is 1. The number of rotatable bonds is 5. The van der Waals surface area contributed by atoms with Crippen molar-refractivity contribution in [3.63, 3.8) is 0 Å². The van der Waals surface area contributed by atoms with Gasteiger partial charge >= 0.3 is 0 Å². The van der Waals surface area contributed by atoms with Gasteiger partial charge in [0.05, 0.1) is 8.07 Å². The summed E-state index contributed by atoms with van der Waals surface area (Å²) >= 11 is 0. The molecular formula is C17H28FNSi. The Bertz CT molecular complexity index is 410. The van der Waals surface area contributed by atoms with Crippen LogP contribution in [0.1, 0.15) is 38.2 Å². The minimum Gasteiger partial charge on any atom is -0.303 e. The van der Waals surface area contributed by atoms with Crippen LogP contribution < -0.4 is 0 Å². The Morgan fingerprint density at radius 1 is 1.10 bits per heavy atom. The molecule has 0 bridgehead atoms. The van der Waals surface area contributed by atoms with E-state index in [-0.39, 0.29) is 5.82 Å². The first-order chi connectivity index (χ1) is 9.53. The average molecular weight is 294 g/mol. The second-order valence-corrected chi connectivity index (χ2v) is 11.8. The van der Waals surface area contributed by atoms with E-state index in [1.165, 1.54) is 44.3 Å². The molecule has 2 rings (SSSR count). The van der Waals surface area contributed by atoms with Crippen molar-refractivity contribution >= 4 is 8.07 Å². The highest BCUT2D eigenvalue weighted by Crippen LogP contribution is 2.25. The van der Waals surface area contributed by atoms with E-state index >= 15 is 0 Å². The number of halogens is 1. The van der Waals surface area contributed by atoms with Gasteiger partial charge in [-0.2, -0.15) is 0 Å². The molecule has 1 aromatic carbocycles. The monoisotopic (exact) mass is 293 g/mol. The Hall–Kier alpha value is -0.673. The molecule has 0 aliphatic carbocycles. The number of piperidine rings is 1. The molecule has 1 saturated heterocycles. The summed E-state index contributed by atoms with van der Waals surface area (Å²) in [5.74, 6) is -0.128. The van der Waals surface area contributed by atoms with Gasteiger partial charge in [0, 0.05) is 5.67 Å². The number of hydrogen-bond donors (Lipinski definition) is 0. The van der Waals surface area contributed by atoms with Gasteiger partial charge in [-0.05, 0) is 50.5 Å². The lowest BCUT2D eigenvalue weighted by Crippen LogP contribution is -2.55. The topological polar surface area (TPSA) is 3.24 Å². The van der Waals surface area contributed by atoms with Gasteiger partial charge in [0.25, 0.3) is 0 Å². The first-order valence-electron chi connectivity index (χ1n) is 8.01. The molecule has 1 fully saturated rings. The number of likely N-dealkylation sites (tertiary alicyclic amines) is 1. The molecule has 0 spiro atoms. The minimum absolute atomic E-state index is 0.128. The molecular weight excluding hydrogens is 265 g/mol. The summed E-state index contributed by atoms with van der Waals surface area (Å²) in [4.78, 5) is 2.74. The summed E-state index contributed by atoms with van der Waals surface area (Å²) in [5.41, 5.74) is 2.06. The molecule has 1 unspecified atom stereocenters. The van der Waals surface area contributed by atoms with Gasteiger partial charge in [0.1, 0.15) is 5.82 Å². The standard InChI is InChI=1S/C17H28FNSi/c1-4-17(19-12-6-5-7-13-19)20(2,3)14-15-8-10-16(18)11-9-15/h8-11,17H,4-7,12-14H2,1-3H3. The van der Waals surface area contributed by atoms with Gasteiger partial charge in [0.2, 0.25) is 0 Å². The lowest BCUT2D eigenvalue weighted by molar-refractivity contribution is 0.198. The molecule has 20 heavy (non-hydrogen) atoms. The van der Waals surface area contributed by atoms with Crippen LogP contribution >= 0.6 is 0 Å². The van der Waals surface area contributed by atoms with E-state index in [2.05, 4.69) is 24.9 Å². The van der Waals surface area contributed by atoms with Crippen molar-refractivity contribution in [2.75, 3.05) is 13.1 Å². The summed E-state index contributed by atoms with van der Waals surface area (Å²) in [6, 6.07) is 8.28. The van der Waals surface area contributed by atoms with Crippen molar-refractivity contribution in [1.82, 2.24) is 4.90 Å². The quantitative estimate of drug-likeness (QED) is 0.726. The molecule has 0 radical (unpaired) electrons. The summed E-state index contributed by atoms with van der Waals surface area (Å²) < 4.78 is 13.0. The van der Waals surface area contributed by atoms with E-state index in [9.17, 15) is 4.39 Å². The highest BCUT2D eigenvalue weighted by atomic mass is 28.3. The van der Waals surface area contributed by atoms with Gasteiger partial charge in [-0.25, -0.2) is 4.39 Å². The average Bonchev–Trinajstić information content (AvgIpc) is 2.43. The molecule has 1 heterocycles. The number of benzene rings is 1. The Morgan fingerprint density at radius 3 is 2.25 bits per heavy atom. The van der Waals surface area contributed by atoms with Crippen LogP contribution in [0.5, 0.6) is 0 Å². The Kier molecular flexibility index (Phi) is 5.39. The maximum absolute atomic E-state index is 13.0. The molecule has 1 atom stereocenters. The molecule has 1 aliphatic rings. The predicted octanol–water partition coefficient (Wildman–Crippen LogP) is 4.42. The molecule has 1 nitrogen and oxygen atoms in total. The van der Waals surface area contributed by atoms with E-state index in [4.69, 9.17) is 0 Å². The lowest BCUT2D eigenvalue weighted by atomic mass is 10.1. The molecule has 1 aromatic rings. The summed E-state index contributed by atoms with van der Waals surface area (Å²) in [6.07, 6.45) is 5.36. The Morgan fingerprint density at radius 2 is 1.70 bits per heavy atom. The second kappa shape index (κ2) is 6.86. The van der Waals surface area contributed by atoms with E-state index in [0.29, 0.717) is 0 Å². The predicted molar refractivity (Wildman–Crippen MR) is 87.1 cm³/mol. The van der Waals surface area contributed by atoms with Crippen molar-refractivity contribution in [2.24, 2.45) is 0 Å². The largest absolute Gasteiger partial charge is 0.303 e. The van der Waals surface area contributed by atoms with Crippen molar-refractivity contribution in [3.05, 3.63) is 35.6 Å². The van der Waals surface area contributed by atoms with Crippen LogP contribution in [0.15, 0.2) is 24.3 Å². The van der Waals surface area contributed by atoms with Gasteiger partial charge in [-0.15, -0.1) is 0 Å². The molecule has 0 saturated carbocycles. The normalized spacial score (nSPS) is 19.0. The zero-order valence-electron chi connectivity index (χ0n) is 13.2. The maximum Gasteiger partial charge on any atom is 0.123 e. The third-order valence-corrected chi connectivity index (χ3v) is 8.59.